The summed E-state index contributed by atoms with van der Waals surface area (Å²) in [6.07, 6.45) is 2.33. The highest BCUT2D eigenvalue weighted by Crippen LogP contribution is 2.32. The summed E-state index contributed by atoms with van der Waals surface area (Å²) >= 11 is 1.86. The van der Waals surface area contributed by atoms with Crippen LogP contribution in [0, 0.1) is 12.8 Å². The number of benzene rings is 1. The first-order valence-corrected chi connectivity index (χ1v) is 7.99. The molecule has 1 aromatic heterocycles. The van der Waals surface area contributed by atoms with Gasteiger partial charge in [0.25, 0.3) is 0 Å². The van der Waals surface area contributed by atoms with Crippen LogP contribution in [0.3, 0.4) is 0 Å². The molecule has 1 saturated heterocycles. The van der Waals surface area contributed by atoms with Crippen LogP contribution in [0.15, 0.2) is 33.5 Å². The van der Waals surface area contributed by atoms with Crippen molar-refractivity contribution >= 4 is 22.7 Å². The summed E-state index contributed by atoms with van der Waals surface area (Å²) in [6, 6.07) is 7.25. The van der Waals surface area contributed by atoms with Gasteiger partial charge in [-0.3, -0.25) is 0 Å². The Labute approximate surface area is 122 Å². The van der Waals surface area contributed by atoms with Crippen molar-refractivity contribution in [3.63, 3.8) is 0 Å². The SMILES string of the molecule is Cc1cc(=O)oc2cc(OC3CC(C)CCS3)ccc12. The zero-order chi connectivity index (χ0) is 14.1. The van der Waals surface area contributed by atoms with Gasteiger partial charge >= 0.3 is 5.63 Å². The lowest BCUT2D eigenvalue weighted by Gasteiger charge is -2.26. The van der Waals surface area contributed by atoms with Crippen molar-refractivity contribution in [1.29, 1.82) is 0 Å². The lowest BCUT2D eigenvalue weighted by molar-refractivity contribution is 0.243. The van der Waals surface area contributed by atoms with Crippen LogP contribution in [0.25, 0.3) is 11.0 Å². The van der Waals surface area contributed by atoms with Gasteiger partial charge in [0, 0.05) is 17.5 Å². The Morgan fingerprint density at radius 3 is 3.00 bits per heavy atom. The molecule has 0 radical (unpaired) electrons. The van der Waals surface area contributed by atoms with Gasteiger partial charge in [-0.05, 0) is 49.1 Å². The standard InChI is InChI=1S/C16H18O3S/c1-10-5-6-20-16(7-10)18-12-3-4-13-11(2)8-15(17)19-14(13)9-12/h3-4,8-10,16H,5-7H2,1-2H3. The summed E-state index contributed by atoms with van der Waals surface area (Å²) in [5.41, 5.74) is 1.42. The number of hydrogen-bond donors (Lipinski definition) is 0. The lowest BCUT2D eigenvalue weighted by Crippen LogP contribution is -2.21. The van der Waals surface area contributed by atoms with Crippen LogP contribution < -0.4 is 10.4 Å². The average Bonchev–Trinajstić information content (AvgIpc) is 2.38. The minimum atomic E-state index is -0.312. The quantitative estimate of drug-likeness (QED) is 0.785. The molecule has 0 amide bonds. The molecule has 2 unspecified atom stereocenters. The molecule has 106 valence electrons. The minimum absolute atomic E-state index is 0.202. The lowest BCUT2D eigenvalue weighted by atomic mass is 10.1. The van der Waals surface area contributed by atoms with Crippen LogP contribution in [0.1, 0.15) is 25.3 Å². The van der Waals surface area contributed by atoms with E-state index < -0.39 is 0 Å². The summed E-state index contributed by atoms with van der Waals surface area (Å²) < 4.78 is 11.3. The maximum Gasteiger partial charge on any atom is 0.336 e. The first-order valence-electron chi connectivity index (χ1n) is 6.94. The van der Waals surface area contributed by atoms with Gasteiger partial charge in [0.05, 0.1) is 0 Å². The Morgan fingerprint density at radius 1 is 1.35 bits per heavy atom. The molecule has 2 heterocycles. The first-order chi connectivity index (χ1) is 9.61. The van der Waals surface area contributed by atoms with Crippen molar-refractivity contribution in [2.45, 2.75) is 32.1 Å². The summed E-state index contributed by atoms with van der Waals surface area (Å²) in [4.78, 5) is 11.4. The van der Waals surface area contributed by atoms with Crippen LogP contribution in [0.2, 0.25) is 0 Å². The molecular formula is C16H18O3S. The highest BCUT2D eigenvalue weighted by Gasteiger charge is 2.21. The van der Waals surface area contributed by atoms with Gasteiger partial charge in [-0.2, -0.15) is 0 Å². The summed E-state index contributed by atoms with van der Waals surface area (Å²) in [5.74, 6) is 2.63. The molecule has 1 aromatic carbocycles. The minimum Gasteiger partial charge on any atom is -0.480 e. The maximum atomic E-state index is 11.4. The Morgan fingerprint density at radius 2 is 2.20 bits per heavy atom. The fraction of sp³-hybridized carbons (Fsp3) is 0.438. The van der Waals surface area contributed by atoms with Crippen molar-refractivity contribution in [2.24, 2.45) is 5.92 Å². The largest absolute Gasteiger partial charge is 0.480 e. The molecule has 1 aliphatic rings. The van der Waals surface area contributed by atoms with E-state index in [2.05, 4.69) is 6.92 Å². The Hall–Kier alpha value is -1.42. The van der Waals surface area contributed by atoms with E-state index in [1.807, 2.05) is 36.9 Å². The molecule has 2 atom stereocenters. The molecular weight excluding hydrogens is 272 g/mol. The third-order valence-corrected chi connectivity index (χ3v) is 4.83. The zero-order valence-electron chi connectivity index (χ0n) is 11.7. The van der Waals surface area contributed by atoms with E-state index in [-0.39, 0.29) is 11.1 Å². The molecule has 0 bridgehead atoms. The Balaban J connectivity index is 1.87. The van der Waals surface area contributed by atoms with Crippen molar-refractivity contribution in [1.82, 2.24) is 0 Å². The van der Waals surface area contributed by atoms with Crippen molar-refractivity contribution in [3.8, 4) is 5.75 Å². The van der Waals surface area contributed by atoms with Gasteiger partial charge in [-0.15, -0.1) is 11.8 Å². The molecule has 20 heavy (non-hydrogen) atoms. The first kappa shape index (κ1) is 13.6. The fourth-order valence-electron chi connectivity index (χ4n) is 2.53. The highest BCUT2D eigenvalue weighted by atomic mass is 32.2. The number of aryl methyl sites for hydroxylation is 1. The van der Waals surface area contributed by atoms with E-state index in [1.54, 1.807) is 0 Å². The van der Waals surface area contributed by atoms with Crippen molar-refractivity contribution in [3.05, 3.63) is 40.2 Å². The highest BCUT2D eigenvalue weighted by molar-refractivity contribution is 7.99. The number of hydrogen-bond acceptors (Lipinski definition) is 4. The number of ether oxygens (including phenoxy) is 1. The number of rotatable bonds is 2. The van der Waals surface area contributed by atoms with Crippen LogP contribution in [-0.2, 0) is 0 Å². The molecule has 0 aliphatic carbocycles. The second-order valence-corrected chi connectivity index (χ2v) is 6.72. The van der Waals surface area contributed by atoms with Gasteiger partial charge < -0.3 is 9.15 Å². The predicted octanol–water partition coefficient (Wildman–Crippen LogP) is 3.97. The second kappa shape index (κ2) is 5.52. The molecule has 0 spiro atoms. The molecule has 1 fully saturated rings. The van der Waals surface area contributed by atoms with Crippen LogP contribution in [0.5, 0.6) is 5.75 Å². The summed E-state index contributed by atoms with van der Waals surface area (Å²) in [5, 5.41) is 0.960. The molecule has 2 aromatic rings. The van der Waals surface area contributed by atoms with E-state index in [4.69, 9.17) is 9.15 Å². The van der Waals surface area contributed by atoms with Gasteiger partial charge in [0.15, 0.2) is 0 Å². The molecule has 4 heteroatoms. The van der Waals surface area contributed by atoms with E-state index >= 15 is 0 Å². The van der Waals surface area contributed by atoms with Crippen LogP contribution in [-0.4, -0.2) is 11.2 Å². The van der Waals surface area contributed by atoms with Crippen LogP contribution >= 0.6 is 11.8 Å². The zero-order valence-corrected chi connectivity index (χ0v) is 12.5. The predicted molar refractivity (Wildman–Crippen MR) is 82.5 cm³/mol. The maximum absolute atomic E-state index is 11.4. The Bertz CT molecular complexity index is 677. The molecule has 3 nitrogen and oxygen atoms in total. The second-order valence-electron chi connectivity index (χ2n) is 5.45. The van der Waals surface area contributed by atoms with Crippen molar-refractivity contribution < 1.29 is 9.15 Å². The van der Waals surface area contributed by atoms with Gasteiger partial charge in [0.1, 0.15) is 16.8 Å². The third kappa shape index (κ3) is 2.85. The van der Waals surface area contributed by atoms with E-state index in [0.717, 1.165) is 28.9 Å². The van der Waals surface area contributed by atoms with E-state index in [0.29, 0.717) is 11.5 Å². The number of thioether (sulfide) groups is 1. The summed E-state index contributed by atoms with van der Waals surface area (Å²) in [7, 11) is 0. The Kier molecular flexibility index (Phi) is 3.74. The van der Waals surface area contributed by atoms with Crippen LogP contribution in [0.4, 0.5) is 0 Å². The molecule has 3 rings (SSSR count). The number of fused-ring (bicyclic) bond motifs is 1. The van der Waals surface area contributed by atoms with Gasteiger partial charge in [0.2, 0.25) is 0 Å². The fourth-order valence-corrected chi connectivity index (χ4v) is 3.97. The average molecular weight is 290 g/mol. The molecule has 0 saturated carbocycles. The molecule has 0 N–H and O–H groups in total. The van der Waals surface area contributed by atoms with E-state index in [9.17, 15) is 4.79 Å². The third-order valence-electron chi connectivity index (χ3n) is 3.70. The normalized spacial score (nSPS) is 22.9. The smallest absolute Gasteiger partial charge is 0.336 e. The van der Waals surface area contributed by atoms with E-state index in [1.165, 1.54) is 12.5 Å². The van der Waals surface area contributed by atoms with Gasteiger partial charge in [-0.1, -0.05) is 6.92 Å². The molecule has 1 aliphatic heterocycles. The summed E-state index contributed by atoms with van der Waals surface area (Å²) in [6.45, 7) is 4.18. The van der Waals surface area contributed by atoms with Crippen molar-refractivity contribution in [2.75, 3.05) is 5.75 Å². The van der Waals surface area contributed by atoms with Gasteiger partial charge in [-0.25, -0.2) is 4.79 Å². The topological polar surface area (TPSA) is 39.4 Å². The monoisotopic (exact) mass is 290 g/mol.